The summed E-state index contributed by atoms with van der Waals surface area (Å²) >= 11 is 0. The van der Waals surface area contributed by atoms with Crippen molar-refractivity contribution in [3.05, 3.63) is 35.4 Å². The molecule has 0 fully saturated rings. The topological polar surface area (TPSA) is 63.2 Å². The van der Waals surface area contributed by atoms with E-state index in [1.165, 1.54) is 0 Å². The average molecular weight is 247 g/mol. The molecule has 0 aromatic heterocycles. The van der Waals surface area contributed by atoms with Crippen LogP contribution in [-0.4, -0.2) is 17.6 Å². The van der Waals surface area contributed by atoms with Gasteiger partial charge in [0.2, 0.25) is 0 Å². The molecule has 1 heterocycles. The van der Waals surface area contributed by atoms with Crippen molar-refractivity contribution in [3.63, 3.8) is 0 Å². The van der Waals surface area contributed by atoms with E-state index in [0.29, 0.717) is 16.9 Å². The number of fused-ring (bicyclic) bond motifs is 1. The van der Waals surface area contributed by atoms with E-state index in [4.69, 9.17) is 0 Å². The smallest absolute Gasteiger partial charge is 0.258 e. The number of hydrogen-bond acceptors (Lipinski definition) is 3. The first-order valence-corrected chi connectivity index (χ1v) is 6.00. The van der Waals surface area contributed by atoms with Gasteiger partial charge in [0.25, 0.3) is 11.8 Å². The number of ketones is 1. The van der Waals surface area contributed by atoms with Gasteiger partial charge in [-0.1, -0.05) is 25.5 Å². The fourth-order valence-electron chi connectivity index (χ4n) is 1.54. The first-order valence-electron chi connectivity index (χ1n) is 6.00. The van der Waals surface area contributed by atoms with Gasteiger partial charge in [0.05, 0.1) is 11.1 Å². The van der Waals surface area contributed by atoms with E-state index >= 15 is 0 Å². The summed E-state index contributed by atoms with van der Waals surface area (Å²) in [6.07, 6.45) is 2.94. The summed E-state index contributed by atoms with van der Waals surface area (Å²) in [4.78, 5) is 32.1. The molecule has 0 bridgehead atoms. The van der Waals surface area contributed by atoms with Gasteiger partial charge >= 0.3 is 0 Å². The van der Waals surface area contributed by atoms with Crippen molar-refractivity contribution in [1.82, 2.24) is 5.32 Å². The van der Waals surface area contributed by atoms with Crippen molar-refractivity contribution in [2.24, 2.45) is 0 Å². The number of carbonyl (C=O) groups is 3. The summed E-state index contributed by atoms with van der Waals surface area (Å²) in [7, 11) is 0. The summed E-state index contributed by atoms with van der Waals surface area (Å²) < 4.78 is 0. The van der Waals surface area contributed by atoms with E-state index in [1.54, 1.807) is 31.2 Å². The largest absolute Gasteiger partial charge is 0.300 e. The number of benzene rings is 1. The minimum Gasteiger partial charge on any atom is -0.300 e. The number of carbonyl (C=O) groups excluding carboxylic acids is 3. The molecular weight excluding hydrogens is 230 g/mol. The molecule has 96 valence electrons. The molecular formula is C14H17NO3. The van der Waals surface area contributed by atoms with Gasteiger partial charge in [0.1, 0.15) is 5.78 Å². The Morgan fingerprint density at radius 2 is 1.61 bits per heavy atom. The van der Waals surface area contributed by atoms with Gasteiger partial charge in [-0.15, -0.1) is 0 Å². The second kappa shape index (κ2) is 6.69. The van der Waals surface area contributed by atoms with Crippen molar-refractivity contribution in [3.8, 4) is 0 Å². The van der Waals surface area contributed by atoms with Crippen LogP contribution in [0.15, 0.2) is 24.3 Å². The lowest BCUT2D eigenvalue weighted by Crippen LogP contribution is -2.19. The van der Waals surface area contributed by atoms with Gasteiger partial charge < -0.3 is 4.79 Å². The number of imide groups is 1. The number of nitrogens with one attached hydrogen (secondary N) is 1. The zero-order chi connectivity index (χ0) is 13.5. The quantitative estimate of drug-likeness (QED) is 0.834. The molecule has 0 aliphatic carbocycles. The van der Waals surface area contributed by atoms with Crippen LogP contribution in [0.5, 0.6) is 0 Å². The van der Waals surface area contributed by atoms with E-state index in [9.17, 15) is 14.4 Å². The Hall–Kier alpha value is -1.97. The summed E-state index contributed by atoms with van der Waals surface area (Å²) in [5.74, 6) is -0.293. The maximum atomic E-state index is 10.9. The van der Waals surface area contributed by atoms with Crippen molar-refractivity contribution >= 4 is 17.6 Å². The van der Waals surface area contributed by atoms with Crippen LogP contribution in [-0.2, 0) is 4.79 Å². The lowest BCUT2D eigenvalue weighted by Gasteiger charge is -1.88. The molecule has 4 heteroatoms. The van der Waals surface area contributed by atoms with Crippen LogP contribution in [0, 0.1) is 0 Å². The Morgan fingerprint density at radius 1 is 1.11 bits per heavy atom. The fraction of sp³-hybridized carbons (Fsp3) is 0.357. The maximum Gasteiger partial charge on any atom is 0.258 e. The van der Waals surface area contributed by atoms with Crippen molar-refractivity contribution in [2.45, 2.75) is 33.1 Å². The minimum absolute atomic E-state index is 0.300. The molecule has 0 spiro atoms. The Balaban J connectivity index is 0.000000203. The first kappa shape index (κ1) is 14.1. The van der Waals surface area contributed by atoms with Crippen LogP contribution in [0.25, 0.3) is 0 Å². The number of rotatable bonds is 3. The monoisotopic (exact) mass is 247 g/mol. The Labute approximate surface area is 106 Å². The van der Waals surface area contributed by atoms with Crippen LogP contribution in [0.2, 0.25) is 0 Å². The summed E-state index contributed by atoms with van der Waals surface area (Å²) in [6, 6.07) is 6.74. The van der Waals surface area contributed by atoms with E-state index in [1.807, 2.05) is 0 Å². The predicted octanol–water partition coefficient (Wildman–Crippen LogP) is 2.34. The molecule has 0 unspecified atom stereocenters. The third kappa shape index (κ3) is 3.80. The highest BCUT2D eigenvalue weighted by Crippen LogP contribution is 2.13. The van der Waals surface area contributed by atoms with Crippen molar-refractivity contribution in [2.75, 3.05) is 0 Å². The fourth-order valence-corrected chi connectivity index (χ4v) is 1.54. The van der Waals surface area contributed by atoms with E-state index in [-0.39, 0.29) is 11.8 Å². The SMILES string of the molecule is CCCCC(C)=O.O=C1NC(=O)c2ccccc21. The molecule has 2 amide bonds. The summed E-state index contributed by atoms with van der Waals surface area (Å²) in [5, 5.41) is 2.20. The number of unbranched alkanes of at least 4 members (excludes halogenated alkanes) is 1. The van der Waals surface area contributed by atoms with Gasteiger partial charge in [-0.3, -0.25) is 14.9 Å². The molecule has 18 heavy (non-hydrogen) atoms. The van der Waals surface area contributed by atoms with Gasteiger partial charge in [0.15, 0.2) is 0 Å². The van der Waals surface area contributed by atoms with Crippen LogP contribution in [0.3, 0.4) is 0 Å². The zero-order valence-electron chi connectivity index (χ0n) is 10.7. The third-order valence-electron chi connectivity index (χ3n) is 2.53. The highest BCUT2D eigenvalue weighted by atomic mass is 16.2. The Morgan fingerprint density at radius 3 is 1.94 bits per heavy atom. The maximum absolute atomic E-state index is 10.9. The van der Waals surface area contributed by atoms with E-state index in [0.717, 1.165) is 19.3 Å². The van der Waals surface area contributed by atoms with Crippen LogP contribution in [0.1, 0.15) is 53.8 Å². The van der Waals surface area contributed by atoms with Crippen LogP contribution >= 0.6 is 0 Å². The van der Waals surface area contributed by atoms with Gasteiger partial charge in [0, 0.05) is 6.42 Å². The number of amides is 2. The summed E-state index contributed by atoms with van der Waals surface area (Å²) in [6.45, 7) is 3.72. The highest BCUT2D eigenvalue weighted by molar-refractivity contribution is 6.21. The van der Waals surface area contributed by atoms with Gasteiger partial charge in [-0.05, 0) is 25.5 Å². The van der Waals surface area contributed by atoms with Crippen molar-refractivity contribution < 1.29 is 14.4 Å². The highest BCUT2D eigenvalue weighted by Gasteiger charge is 2.25. The van der Waals surface area contributed by atoms with Crippen LogP contribution in [0.4, 0.5) is 0 Å². The Bertz CT molecular complexity index is 433. The molecule has 1 aromatic rings. The second-order valence-electron chi connectivity index (χ2n) is 4.13. The van der Waals surface area contributed by atoms with Crippen LogP contribution < -0.4 is 5.32 Å². The molecule has 1 aliphatic rings. The molecule has 0 saturated heterocycles. The normalized spacial score (nSPS) is 12.3. The molecule has 4 nitrogen and oxygen atoms in total. The van der Waals surface area contributed by atoms with E-state index in [2.05, 4.69) is 12.2 Å². The minimum atomic E-state index is -0.300. The lowest BCUT2D eigenvalue weighted by atomic mass is 10.1. The first-order chi connectivity index (χ1) is 8.56. The van der Waals surface area contributed by atoms with Crippen molar-refractivity contribution in [1.29, 1.82) is 0 Å². The number of Topliss-reactive ketones (excluding diaryl/α,β-unsaturated/α-hetero) is 1. The molecule has 1 aromatic carbocycles. The molecule has 0 atom stereocenters. The summed E-state index contributed by atoms with van der Waals surface area (Å²) in [5.41, 5.74) is 0.940. The standard InChI is InChI=1S/C8H5NO2.C6H12O/c10-7-5-3-1-2-4-6(5)8(11)9-7;1-3-4-5-6(2)7/h1-4H,(H,9,10,11);3-5H2,1-2H3. The average Bonchev–Trinajstić information content (AvgIpc) is 2.64. The number of hydrogen-bond donors (Lipinski definition) is 1. The molecule has 0 radical (unpaired) electrons. The third-order valence-corrected chi connectivity index (χ3v) is 2.53. The second-order valence-corrected chi connectivity index (χ2v) is 4.13. The lowest BCUT2D eigenvalue weighted by molar-refractivity contribution is -0.117. The molecule has 2 rings (SSSR count). The van der Waals surface area contributed by atoms with E-state index < -0.39 is 0 Å². The van der Waals surface area contributed by atoms with Gasteiger partial charge in [-0.25, -0.2) is 0 Å². The zero-order valence-corrected chi connectivity index (χ0v) is 10.7. The predicted molar refractivity (Wildman–Crippen MR) is 68.4 cm³/mol. The van der Waals surface area contributed by atoms with Gasteiger partial charge in [-0.2, -0.15) is 0 Å². The molecule has 1 N–H and O–H groups in total. The molecule has 0 saturated carbocycles. The Kier molecular flexibility index (Phi) is 5.24. The molecule has 1 aliphatic heterocycles.